The van der Waals surface area contributed by atoms with Gasteiger partial charge in [0.1, 0.15) is 5.60 Å². The largest absolute Gasteiger partial charge is 0.444 e. The number of piperidine rings is 1. The van der Waals surface area contributed by atoms with Crippen LogP contribution in [0.15, 0.2) is 12.4 Å². The first-order valence-corrected chi connectivity index (χ1v) is 7.89. The van der Waals surface area contributed by atoms with Gasteiger partial charge >= 0.3 is 6.09 Å². The van der Waals surface area contributed by atoms with Gasteiger partial charge in [0.15, 0.2) is 0 Å². The number of hydrogen-bond acceptors (Lipinski definition) is 6. The number of nitrogens with one attached hydrogen (secondary N) is 2. The minimum Gasteiger partial charge on any atom is -0.444 e. The van der Waals surface area contributed by atoms with Gasteiger partial charge in [-0.3, -0.25) is 5.32 Å². The molecule has 0 aliphatic carbocycles. The summed E-state index contributed by atoms with van der Waals surface area (Å²) in [5.74, 6) is 0.236. The fourth-order valence-corrected chi connectivity index (χ4v) is 2.61. The van der Waals surface area contributed by atoms with Crippen molar-refractivity contribution in [1.29, 1.82) is 0 Å². The summed E-state index contributed by atoms with van der Waals surface area (Å²) in [5, 5.41) is 5.86. The van der Waals surface area contributed by atoms with Crippen LogP contribution in [0.4, 0.5) is 10.7 Å². The predicted octanol–water partition coefficient (Wildman–Crippen LogP) is 2.13. The first-order valence-electron chi connectivity index (χ1n) is 7.89. The van der Waals surface area contributed by atoms with Gasteiger partial charge in [0.05, 0.1) is 5.60 Å². The van der Waals surface area contributed by atoms with E-state index in [-0.39, 0.29) is 11.5 Å². The molecule has 0 atom stereocenters. The summed E-state index contributed by atoms with van der Waals surface area (Å²) in [6.45, 7) is 7.32. The molecule has 2 rings (SSSR count). The zero-order valence-corrected chi connectivity index (χ0v) is 14.3. The fraction of sp³-hybridized carbons (Fsp3) is 0.688. The van der Waals surface area contributed by atoms with Gasteiger partial charge in [-0.1, -0.05) is 0 Å². The standard InChI is InChI=1S/C16H26N4O3/c1-15(2,3)23-14(21)20-13-18-10-12(11-19-13)9-16(22-4)5-7-17-8-6-16/h10-11,17H,5-9H2,1-4H3,(H,18,19,20,21). The van der Waals surface area contributed by atoms with Gasteiger partial charge in [-0.05, 0) is 52.3 Å². The first kappa shape index (κ1) is 17.6. The summed E-state index contributed by atoms with van der Waals surface area (Å²) >= 11 is 0. The quantitative estimate of drug-likeness (QED) is 0.883. The van der Waals surface area contributed by atoms with E-state index in [1.54, 1.807) is 40.3 Å². The van der Waals surface area contributed by atoms with E-state index in [9.17, 15) is 4.79 Å². The Morgan fingerprint density at radius 1 is 1.30 bits per heavy atom. The van der Waals surface area contributed by atoms with Crippen molar-refractivity contribution in [3.63, 3.8) is 0 Å². The van der Waals surface area contributed by atoms with Gasteiger partial charge in [-0.15, -0.1) is 0 Å². The van der Waals surface area contributed by atoms with Crippen LogP contribution in [0.3, 0.4) is 0 Å². The van der Waals surface area contributed by atoms with Crippen molar-refractivity contribution in [3.05, 3.63) is 18.0 Å². The first-order chi connectivity index (χ1) is 10.8. The van der Waals surface area contributed by atoms with Crippen LogP contribution in [0.2, 0.25) is 0 Å². The van der Waals surface area contributed by atoms with Crippen molar-refractivity contribution in [2.45, 2.75) is 51.2 Å². The van der Waals surface area contributed by atoms with E-state index in [1.165, 1.54) is 0 Å². The van der Waals surface area contributed by atoms with Crippen LogP contribution in [-0.2, 0) is 15.9 Å². The van der Waals surface area contributed by atoms with Crippen LogP contribution >= 0.6 is 0 Å². The van der Waals surface area contributed by atoms with Crippen LogP contribution < -0.4 is 10.6 Å². The maximum Gasteiger partial charge on any atom is 0.414 e. The highest BCUT2D eigenvalue weighted by Gasteiger charge is 2.32. The number of carbonyl (C=O) groups is 1. The Kier molecular flexibility index (Phi) is 5.54. The number of aromatic nitrogens is 2. The molecule has 0 saturated carbocycles. The average Bonchev–Trinajstić information content (AvgIpc) is 2.48. The average molecular weight is 322 g/mol. The number of methoxy groups -OCH3 is 1. The molecule has 1 aromatic rings. The number of anilines is 1. The Balaban J connectivity index is 1.95. The lowest BCUT2D eigenvalue weighted by Gasteiger charge is -2.36. The van der Waals surface area contributed by atoms with Crippen molar-refractivity contribution in [2.75, 3.05) is 25.5 Å². The number of amides is 1. The highest BCUT2D eigenvalue weighted by molar-refractivity contribution is 5.82. The van der Waals surface area contributed by atoms with E-state index in [4.69, 9.17) is 9.47 Å². The van der Waals surface area contributed by atoms with E-state index in [1.807, 2.05) is 0 Å². The van der Waals surface area contributed by atoms with Gasteiger partial charge in [0.25, 0.3) is 0 Å². The molecule has 7 heteroatoms. The smallest absolute Gasteiger partial charge is 0.414 e. The molecule has 1 aliphatic heterocycles. The molecule has 1 amide bonds. The van der Waals surface area contributed by atoms with E-state index in [2.05, 4.69) is 20.6 Å². The molecule has 1 aliphatic rings. The Bertz CT molecular complexity index is 519. The molecule has 0 aromatic carbocycles. The Labute approximate surface area is 137 Å². The summed E-state index contributed by atoms with van der Waals surface area (Å²) in [4.78, 5) is 20.1. The third kappa shape index (κ3) is 5.44. The van der Waals surface area contributed by atoms with Gasteiger partial charge < -0.3 is 14.8 Å². The minimum atomic E-state index is -0.558. The van der Waals surface area contributed by atoms with Crippen LogP contribution in [-0.4, -0.2) is 47.5 Å². The van der Waals surface area contributed by atoms with Crippen molar-refractivity contribution in [1.82, 2.24) is 15.3 Å². The van der Waals surface area contributed by atoms with Crippen molar-refractivity contribution in [3.8, 4) is 0 Å². The number of hydrogen-bond donors (Lipinski definition) is 2. The lowest BCUT2D eigenvalue weighted by atomic mass is 9.86. The molecule has 0 bridgehead atoms. The normalized spacial score (nSPS) is 17.6. The molecule has 2 N–H and O–H groups in total. The van der Waals surface area contributed by atoms with Crippen molar-refractivity contribution >= 4 is 12.0 Å². The Hall–Kier alpha value is -1.73. The summed E-state index contributed by atoms with van der Waals surface area (Å²) in [6, 6.07) is 0. The molecule has 2 heterocycles. The molecule has 1 fully saturated rings. The second-order valence-corrected chi connectivity index (χ2v) is 6.86. The molecule has 1 aromatic heterocycles. The molecule has 0 radical (unpaired) electrons. The van der Waals surface area contributed by atoms with Gasteiger partial charge in [0.2, 0.25) is 5.95 Å². The maximum atomic E-state index is 11.7. The summed E-state index contributed by atoms with van der Waals surface area (Å²) < 4.78 is 10.9. The number of rotatable bonds is 4. The van der Waals surface area contributed by atoms with Crippen molar-refractivity contribution in [2.24, 2.45) is 0 Å². The van der Waals surface area contributed by atoms with Crippen molar-refractivity contribution < 1.29 is 14.3 Å². The number of carbonyl (C=O) groups excluding carboxylic acids is 1. The fourth-order valence-electron chi connectivity index (χ4n) is 2.61. The van der Waals surface area contributed by atoms with Crippen LogP contribution in [0.25, 0.3) is 0 Å². The molecule has 128 valence electrons. The predicted molar refractivity (Wildman–Crippen MR) is 87.4 cm³/mol. The summed E-state index contributed by atoms with van der Waals surface area (Å²) in [6.07, 6.45) is 5.57. The highest BCUT2D eigenvalue weighted by Crippen LogP contribution is 2.26. The maximum absolute atomic E-state index is 11.7. The number of ether oxygens (including phenoxy) is 2. The lowest BCUT2D eigenvalue weighted by molar-refractivity contribution is -0.0334. The number of nitrogens with zero attached hydrogens (tertiary/aromatic N) is 2. The van der Waals surface area contributed by atoms with E-state index >= 15 is 0 Å². The van der Waals surface area contributed by atoms with E-state index in [0.717, 1.165) is 37.9 Å². The molecular weight excluding hydrogens is 296 g/mol. The monoisotopic (exact) mass is 322 g/mol. The molecule has 23 heavy (non-hydrogen) atoms. The van der Waals surface area contributed by atoms with Crippen LogP contribution in [0, 0.1) is 0 Å². The lowest BCUT2D eigenvalue weighted by Crippen LogP contribution is -2.45. The zero-order chi connectivity index (χ0) is 16.9. The summed E-state index contributed by atoms with van der Waals surface area (Å²) in [5.41, 5.74) is 0.280. The molecule has 7 nitrogen and oxygen atoms in total. The summed E-state index contributed by atoms with van der Waals surface area (Å²) in [7, 11) is 1.75. The second-order valence-electron chi connectivity index (χ2n) is 6.86. The SMILES string of the molecule is COC1(Cc2cnc(NC(=O)OC(C)(C)C)nc2)CCNCC1. The highest BCUT2D eigenvalue weighted by atomic mass is 16.6. The minimum absolute atomic E-state index is 0.158. The van der Waals surface area contributed by atoms with E-state index < -0.39 is 11.7 Å². The topological polar surface area (TPSA) is 85.4 Å². The molecule has 0 spiro atoms. The van der Waals surface area contributed by atoms with Gasteiger partial charge in [-0.2, -0.15) is 0 Å². The van der Waals surface area contributed by atoms with E-state index in [0.29, 0.717) is 0 Å². The Morgan fingerprint density at radius 2 is 1.91 bits per heavy atom. The zero-order valence-electron chi connectivity index (χ0n) is 14.3. The van der Waals surface area contributed by atoms with Gasteiger partial charge in [0, 0.05) is 25.9 Å². The Morgan fingerprint density at radius 3 is 2.43 bits per heavy atom. The molecule has 0 unspecified atom stereocenters. The third-order valence-electron chi connectivity index (χ3n) is 3.79. The second kappa shape index (κ2) is 7.23. The third-order valence-corrected chi connectivity index (χ3v) is 3.79. The van der Waals surface area contributed by atoms with Gasteiger partial charge in [-0.25, -0.2) is 14.8 Å². The van der Waals surface area contributed by atoms with Crippen LogP contribution in [0.1, 0.15) is 39.2 Å². The molecule has 1 saturated heterocycles. The molecular formula is C16H26N4O3. The van der Waals surface area contributed by atoms with Crippen LogP contribution in [0.5, 0.6) is 0 Å².